The van der Waals surface area contributed by atoms with Crippen molar-refractivity contribution in [3.8, 4) is 0 Å². The average Bonchev–Trinajstić information content (AvgIpc) is 3.33. The van der Waals surface area contributed by atoms with Crippen LogP contribution in [0.1, 0.15) is 53.4 Å². The van der Waals surface area contributed by atoms with Crippen LogP contribution in [0.2, 0.25) is 6.04 Å². The van der Waals surface area contributed by atoms with Crippen LogP contribution < -0.4 is 0 Å². The van der Waals surface area contributed by atoms with Gasteiger partial charge in [0.1, 0.15) is 26.4 Å². The summed E-state index contributed by atoms with van der Waals surface area (Å²) < 4.78 is 89.5. The Bertz CT molecular complexity index is 1360. The predicted molar refractivity (Wildman–Crippen MR) is 262 cm³/mol. The molecule has 2 N–H and O–H groups in total. The van der Waals surface area contributed by atoms with Gasteiger partial charge in [-0.2, -0.15) is 0 Å². The number of ether oxygens (including phenoxy) is 12. The maximum absolute atomic E-state index is 12.5. The highest BCUT2D eigenvalue weighted by molar-refractivity contribution is 7.51. The molecule has 0 fully saturated rings. The van der Waals surface area contributed by atoms with Gasteiger partial charge < -0.3 is 79.9 Å². The first-order chi connectivity index (χ1) is 33.9. The number of hydrogen-bond acceptors (Lipinski definition) is 22. The monoisotopic (exact) mass is 1070 g/mol. The lowest BCUT2D eigenvalue weighted by molar-refractivity contribution is -0.152. The number of methoxy groups -OCH3 is 4. The first kappa shape index (κ1) is 70.8. The SMILES string of the molecule is COCCOCCOC(=O)CC(C)N(CCCP(=O)(O)O)CC(C)C(=O)OCCOCCOC.COCCOCCOC(=O)CC(C)N(CCC[Si](OC)(OC)OC)CC(C)C(=O)OCCOCCOC. The molecule has 0 rings (SSSR count). The maximum atomic E-state index is 12.5. The summed E-state index contributed by atoms with van der Waals surface area (Å²) in [7, 11) is 4.17. The maximum Gasteiger partial charge on any atom is 0.500 e. The van der Waals surface area contributed by atoms with Crippen molar-refractivity contribution in [1.82, 2.24) is 9.80 Å². The second kappa shape index (κ2) is 46.3. The number of nitrogens with zero attached hydrogens (tertiary/aromatic N) is 2. The zero-order valence-electron chi connectivity index (χ0n) is 44.6. The topological polar surface area (TPSA) is 271 Å². The van der Waals surface area contributed by atoms with Gasteiger partial charge in [0.2, 0.25) is 0 Å². The Kier molecular flexibility index (Phi) is 46.1. The molecular formula is C45H91N2O22PSi. The Morgan fingerprint density at radius 3 is 1.08 bits per heavy atom. The number of carbonyl (C=O) groups excluding carboxylic acids is 4. The molecule has 0 saturated heterocycles. The summed E-state index contributed by atoms with van der Waals surface area (Å²) in [5, 5.41) is 0. The van der Waals surface area contributed by atoms with Gasteiger partial charge in [0.05, 0.1) is 110 Å². The number of hydrogen-bond donors (Lipinski definition) is 2. The standard InChI is InChI=1S/C24H49NO11Si.C21H42NO11P/c1-21(24(27)36-17-15-34-13-11-29-4)20-25(9-8-18-37(30-5,31-6)32-7)22(2)19-23(26)35-16-14-33-12-10-28-3;1-18(21(24)33-14-12-31-10-8-29-4)17-22(6-5-15-34(25,26)27)19(2)16-20(23)32-13-11-30-9-7-28-3/h21-22H,8-20H2,1-7H3;18-19H,5-17H2,1-4H3,(H2,25,26,27). The fraction of sp³-hybridized carbons (Fsp3) is 0.911. The lowest BCUT2D eigenvalue weighted by Crippen LogP contribution is -2.45. The summed E-state index contributed by atoms with van der Waals surface area (Å²) in [6, 6.07) is 0.116. The number of carbonyl (C=O) groups is 4. The molecular weight excluding hydrogens is 980 g/mol. The summed E-state index contributed by atoms with van der Waals surface area (Å²) in [4.78, 5) is 71.6. The van der Waals surface area contributed by atoms with E-state index in [0.29, 0.717) is 98.2 Å². The smallest absolute Gasteiger partial charge is 0.463 e. The lowest BCUT2D eigenvalue weighted by atomic mass is 10.1. The normalized spacial score (nSPS) is 13.6. The quantitative estimate of drug-likeness (QED) is 0.0290. The molecule has 71 heavy (non-hydrogen) atoms. The van der Waals surface area contributed by atoms with Gasteiger partial charge in [-0.3, -0.25) is 33.5 Å². The molecule has 0 amide bonds. The van der Waals surface area contributed by atoms with E-state index in [1.807, 2.05) is 18.7 Å². The zero-order valence-corrected chi connectivity index (χ0v) is 46.5. The van der Waals surface area contributed by atoms with Gasteiger partial charge >= 0.3 is 40.3 Å². The third kappa shape index (κ3) is 40.8. The van der Waals surface area contributed by atoms with Crippen molar-refractivity contribution >= 4 is 40.3 Å². The zero-order chi connectivity index (χ0) is 53.8. The highest BCUT2D eigenvalue weighted by atomic mass is 31.2. The van der Waals surface area contributed by atoms with Crippen LogP contribution in [0.5, 0.6) is 0 Å². The Labute approximate surface area is 423 Å². The first-order valence-electron chi connectivity index (χ1n) is 24.0. The van der Waals surface area contributed by atoms with Crippen LogP contribution in [0.3, 0.4) is 0 Å². The summed E-state index contributed by atoms with van der Waals surface area (Å²) >= 11 is 0. The predicted octanol–water partition coefficient (Wildman–Crippen LogP) is 2.07. The molecule has 0 aliphatic rings. The van der Waals surface area contributed by atoms with Gasteiger partial charge in [-0.15, -0.1) is 0 Å². The fourth-order valence-electron chi connectivity index (χ4n) is 6.32. The molecule has 0 radical (unpaired) electrons. The van der Waals surface area contributed by atoms with Crippen molar-refractivity contribution in [3.05, 3.63) is 0 Å². The van der Waals surface area contributed by atoms with Gasteiger partial charge in [0.15, 0.2) is 0 Å². The van der Waals surface area contributed by atoms with Crippen molar-refractivity contribution in [1.29, 1.82) is 0 Å². The molecule has 0 bridgehead atoms. The number of esters is 4. The van der Waals surface area contributed by atoms with Crippen LogP contribution in [0, 0.1) is 11.8 Å². The van der Waals surface area contributed by atoms with Crippen molar-refractivity contribution in [2.75, 3.05) is 188 Å². The Balaban J connectivity index is 0. The van der Waals surface area contributed by atoms with E-state index in [0.717, 1.165) is 0 Å². The summed E-state index contributed by atoms with van der Waals surface area (Å²) in [6.07, 6.45) is 0.866. The highest BCUT2D eigenvalue weighted by Gasteiger charge is 2.37. The molecule has 26 heteroatoms. The molecule has 4 atom stereocenters. The van der Waals surface area contributed by atoms with Crippen LogP contribution in [-0.4, -0.2) is 252 Å². The summed E-state index contributed by atoms with van der Waals surface area (Å²) in [5.74, 6) is -2.41. The van der Waals surface area contributed by atoms with Crippen LogP contribution in [0.4, 0.5) is 0 Å². The molecule has 0 aromatic heterocycles. The van der Waals surface area contributed by atoms with Crippen molar-refractivity contribution < 1.29 is 104 Å². The van der Waals surface area contributed by atoms with E-state index in [1.165, 1.54) is 0 Å². The molecule has 0 saturated carbocycles. The molecule has 0 heterocycles. The highest BCUT2D eigenvalue weighted by Crippen LogP contribution is 2.35. The van der Waals surface area contributed by atoms with Gasteiger partial charge in [-0.05, 0) is 39.8 Å². The molecule has 0 aliphatic carbocycles. The molecule has 0 aliphatic heterocycles. The minimum Gasteiger partial charge on any atom is -0.463 e. The minimum atomic E-state index is -4.14. The van der Waals surface area contributed by atoms with E-state index < -0.39 is 40.2 Å². The summed E-state index contributed by atoms with van der Waals surface area (Å²) in [6.45, 7) is 14.1. The molecule has 24 nitrogen and oxygen atoms in total. The minimum absolute atomic E-state index is 0.0586. The van der Waals surface area contributed by atoms with Crippen molar-refractivity contribution in [2.45, 2.75) is 71.5 Å². The lowest BCUT2D eigenvalue weighted by Gasteiger charge is -2.31. The Hall–Kier alpha value is -2.27. The second-order valence-electron chi connectivity index (χ2n) is 16.2. The largest absolute Gasteiger partial charge is 0.500 e. The van der Waals surface area contributed by atoms with Crippen molar-refractivity contribution in [2.24, 2.45) is 11.8 Å². The molecule has 422 valence electrons. The van der Waals surface area contributed by atoms with Gasteiger partial charge in [-0.1, -0.05) is 13.8 Å². The van der Waals surface area contributed by atoms with E-state index in [1.54, 1.807) is 63.6 Å². The van der Waals surface area contributed by atoms with Crippen LogP contribution in [0.25, 0.3) is 0 Å². The van der Waals surface area contributed by atoms with Crippen LogP contribution in [-0.2, 0) is 93.9 Å². The van der Waals surface area contributed by atoms with E-state index in [2.05, 4.69) is 4.90 Å². The van der Waals surface area contributed by atoms with E-state index in [4.69, 9.17) is 79.9 Å². The Morgan fingerprint density at radius 2 is 0.775 bits per heavy atom. The average molecular weight is 1070 g/mol. The van der Waals surface area contributed by atoms with E-state index in [9.17, 15) is 23.7 Å². The first-order valence-corrected chi connectivity index (χ1v) is 27.7. The van der Waals surface area contributed by atoms with E-state index >= 15 is 0 Å². The Morgan fingerprint density at radius 1 is 0.465 bits per heavy atom. The molecule has 4 unspecified atom stereocenters. The van der Waals surface area contributed by atoms with Gasteiger partial charge in [0, 0.05) is 81.0 Å². The van der Waals surface area contributed by atoms with Gasteiger partial charge in [0.25, 0.3) is 0 Å². The van der Waals surface area contributed by atoms with Crippen LogP contribution in [0.15, 0.2) is 0 Å². The summed E-state index contributed by atoms with van der Waals surface area (Å²) in [5.41, 5.74) is 0. The third-order valence-corrected chi connectivity index (χ3v) is 14.1. The second-order valence-corrected chi connectivity index (χ2v) is 21.1. The molecule has 0 aromatic rings. The van der Waals surface area contributed by atoms with Crippen LogP contribution >= 0.6 is 7.60 Å². The third-order valence-electron chi connectivity index (χ3n) is 10.4. The number of rotatable bonds is 47. The van der Waals surface area contributed by atoms with Gasteiger partial charge in [-0.25, -0.2) is 0 Å². The molecule has 0 aromatic carbocycles. The fourth-order valence-corrected chi connectivity index (χ4v) is 8.58. The van der Waals surface area contributed by atoms with Crippen molar-refractivity contribution in [3.63, 3.8) is 0 Å². The molecule has 0 spiro atoms. The van der Waals surface area contributed by atoms with E-state index in [-0.39, 0.29) is 95.6 Å².